The molecule has 9 heteroatoms. The first-order valence-corrected chi connectivity index (χ1v) is 10.7. The van der Waals surface area contributed by atoms with Gasteiger partial charge in [-0.1, -0.05) is 11.8 Å². The minimum atomic E-state index is -3.43. The molecule has 0 atom stereocenters. The van der Waals surface area contributed by atoms with Gasteiger partial charge in [0.1, 0.15) is 11.4 Å². The molecule has 2 aromatic rings. The number of hydrogen-bond acceptors (Lipinski definition) is 6. The van der Waals surface area contributed by atoms with Crippen LogP contribution in [0.1, 0.15) is 18.5 Å². The fraction of sp³-hybridized carbons (Fsp3) is 0.353. The van der Waals surface area contributed by atoms with Crippen LogP contribution in [0.2, 0.25) is 0 Å². The highest BCUT2D eigenvalue weighted by atomic mass is 32.2. The van der Waals surface area contributed by atoms with E-state index in [2.05, 4.69) is 15.3 Å². The summed E-state index contributed by atoms with van der Waals surface area (Å²) in [4.78, 5) is 20.4. The molecular formula is C17H20N4O3S2. The number of nitrogens with one attached hydrogen (secondary N) is 1. The van der Waals surface area contributed by atoms with Crippen molar-refractivity contribution in [2.24, 2.45) is 0 Å². The Bertz CT molecular complexity index is 879. The highest BCUT2D eigenvalue weighted by Crippen LogP contribution is 2.22. The fourth-order valence-electron chi connectivity index (χ4n) is 2.63. The van der Waals surface area contributed by atoms with E-state index in [4.69, 9.17) is 0 Å². The molecule has 1 aromatic carbocycles. The number of hydrogen-bond donors (Lipinski definition) is 1. The lowest BCUT2D eigenvalue weighted by Gasteiger charge is -2.15. The highest BCUT2D eigenvalue weighted by molar-refractivity contribution is 7.99. The van der Waals surface area contributed by atoms with Gasteiger partial charge in [0.05, 0.1) is 10.6 Å². The van der Waals surface area contributed by atoms with Crippen molar-refractivity contribution in [1.82, 2.24) is 14.3 Å². The zero-order valence-electron chi connectivity index (χ0n) is 14.4. The average Bonchev–Trinajstić information content (AvgIpc) is 3.16. The van der Waals surface area contributed by atoms with Crippen LogP contribution in [0.3, 0.4) is 0 Å². The van der Waals surface area contributed by atoms with Crippen molar-refractivity contribution in [3.63, 3.8) is 0 Å². The summed E-state index contributed by atoms with van der Waals surface area (Å²) in [6.07, 6.45) is 3.27. The molecule has 0 spiro atoms. The Hall–Kier alpha value is -1.97. The van der Waals surface area contributed by atoms with Gasteiger partial charge in [-0.15, -0.1) is 0 Å². The highest BCUT2D eigenvalue weighted by Gasteiger charge is 2.26. The van der Waals surface area contributed by atoms with E-state index in [0.29, 0.717) is 18.8 Å². The lowest BCUT2D eigenvalue weighted by atomic mass is 10.3. The molecule has 0 unspecified atom stereocenters. The Morgan fingerprint density at radius 2 is 1.88 bits per heavy atom. The Morgan fingerprint density at radius 3 is 2.54 bits per heavy atom. The monoisotopic (exact) mass is 392 g/mol. The molecular weight excluding hydrogens is 372 g/mol. The molecule has 3 rings (SSSR count). The van der Waals surface area contributed by atoms with E-state index >= 15 is 0 Å². The van der Waals surface area contributed by atoms with E-state index < -0.39 is 10.0 Å². The lowest BCUT2D eigenvalue weighted by Crippen LogP contribution is -2.27. The molecule has 0 bridgehead atoms. The van der Waals surface area contributed by atoms with Crippen molar-refractivity contribution in [3.05, 3.63) is 42.4 Å². The molecule has 1 aliphatic heterocycles. The number of aryl methyl sites for hydroxylation is 1. The molecule has 1 aromatic heterocycles. The topological polar surface area (TPSA) is 92.3 Å². The maximum Gasteiger partial charge on any atom is 0.243 e. The summed E-state index contributed by atoms with van der Waals surface area (Å²) in [7, 11) is -3.43. The van der Waals surface area contributed by atoms with Gasteiger partial charge >= 0.3 is 0 Å². The first kappa shape index (κ1) is 18.8. The van der Waals surface area contributed by atoms with Crippen LogP contribution in [0.4, 0.5) is 5.69 Å². The minimum Gasteiger partial charge on any atom is -0.325 e. The number of thioether (sulfide) groups is 1. The van der Waals surface area contributed by atoms with Gasteiger partial charge in [-0.3, -0.25) is 4.79 Å². The minimum absolute atomic E-state index is 0.179. The second-order valence-electron chi connectivity index (χ2n) is 5.97. The van der Waals surface area contributed by atoms with E-state index in [-0.39, 0.29) is 16.6 Å². The molecule has 0 saturated carbocycles. The molecule has 1 aliphatic rings. The number of carbonyl (C=O) groups excluding carboxylic acids is 1. The number of nitrogens with zero attached hydrogens (tertiary/aromatic N) is 3. The molecule has 7 nitrogen and oxygen atoms in total. The van der Waals surface area contributed by atoms with Crippen LogP contribution in [-0.4, -0.2) is 47.4 Å². The number of aromatic nitrogens is 2. The van der Waals surface area contributed by atoms with Gasteiger partial charge in [0.25, 0.3) is 0 Å². The standard InChI is InChI=1S/C17H20N4O3S2/c1-13-10-17(19-12-18-13)25-11-16(22)20-14-4-6-15(7-5-14)26(23,24)21-8-2-3-9-21/h4-7,10,12H,2-3,8-9,11H2,1H3,(H,20,22). The molecule has 1 saturated heterocycles. The summed E-state index contributed by atoms with van der Waals surface area (Å²) in [6, 6.07) is 8.10. The van der Waals surface area contributed by atoms with Gasteiger partial charge in [0, 0.05) is 24.5 Å². The number of rotatable bonds is 6. The molecule has 26 heavy (non-hydrogen) atoms. The molecule has 1 amide bonds. The van der Waals surface area contributed by atoms with Crippen LogP contribution in [0.5, 0.6) is 0 Å². The Kier molecular flexibility index (Phi) is 5.90. The van der Waals surface area contributed by atoms with Crippen molar-refractivity contribution in [1.29, 1.82) is 0 Å². The zero-order valence-corrected chi connectivity index (χ0v) is 16.0. The Balaban J connectivity index is 1.57. The molecule has 138 valence electrons. The summed E-state index contributed by atoms with van der Waals surface area (Å²) < 4.78 is 26.5. The molecule has 1 fully saturated rings. The summed E-state index contributed by atoms with van der Waals surface area (Å²) in [5, 5.41) is 3.50. The van der Waals surface area contributed by atoms with Crippen LogP contribution in [0.15, 0.2) is 46.6 Å². The van der Waals surface area contributed by atoms with E-state index in [0.717, 1.165) is 23.6 Å². The van der Waals surface area contributed by atoms with Crippen LogP contribution in [-0.2, 0) is 14.8 Å². The third-order valence-electron chi connectivity index (χ3n) is 3.97. The molecule has 0 radical (unpaired) electrons. The predicted molar refractivity (Wildman–Crippen MR) is 101 cm³/mol. The van der Waals surface area contributed by atoms with Gasteiger partial charge in [0.15, 0.2) is 0 Å². The Labute approximate surface area is 157 Å². The first-order chi connectivity index (χ1) is 12.4. The maximum atomic E-state index is 12.5. The van der Waals surface area contributed by atoms with Crippen LogP contribution < -0.4 is 5.32 Å². The second-order valence-corrected chi connectivity index (χ2v) is 8.90. The SMILES string of the molecule is Cc1cc(SCC(=O)Nc2ccc(S(=O)(=O)N3CCCC3)cc2)ncn1. The Morgan fingerprint density at radius 1 is 1.19 bits per heavy atom. The number of benzene rings is 1. The fourth-order valence-corrected chi connectivity index (χ4v) is 4.88. The first-order valence-electron chi connectivity index (χ1n) is 8.27. The lowest BCUT2D eigenvalue weighted by molar-refractivity contribution is -0.113. The third kappa shape index (κ3) is 4.60. The normalized spacial score (nSPS) is 15.1. The quantitative estimate of drug-likeness (QED) is 0.599. The summed E-state index contributed by atoms with van der Waals surface area (Å²) in [5.74, 6) is 0.0333. The van der Waals surface area contributed by atoms with Crippen LogP contribution >= 0.6 is 11.8 Å². The number of amides is 1. The number of sulfonamides is 1. The molecule has 0 aliphatic carbocycles. The molecule has 2 heterocycles. The summed E-state index contributed by atoms with van der Waals surface area (Å²) in [6.45, 7) is 3.00. The van der Waals surface area contributed by atoms with Crippen molar-refractivity contribution in [3.8, 4) is 0 Å². The van der Waals surface area contributed by atoms with Crippen molar-refractivity contribution in [2.45, 2.75) is 29.7 Å². The van der Waals surface area contributed by atoms with E-state index in [9.17, 15) is 13.2 Å². The van der Waals surface area contributed by atoms with Crippen molar-refractivity contribution in [2.75, 3.05) is 24.2 Å². The number of anilines is 1. The second kappa shape index (κ2) is 8.15. The largest absolute Gasteiger partial charge is 0.325 e. The van der Waals surface area contributed by atoms with Gasteiger partial charge in [-0.2, -0.15) is 4.31 Å². The van der Waals surface area contributed by atoms with Crippen LogP contribution in [0.25, 0.3) is 0 Å². The van der Waals surface area contributed by atoms with Crippen molar-refractivity contribution >= 4 is 33.4 Å². The summed E-state index contributed by atoms with van der Waals surface area (Å²) >= 11 is 1.32. The smallest absolute Gasteiger partial charge is 0.243 e. The number of carbonyl (C=O) groups is 1. The predicted octanol–water partition coefficient (Wildman–Crippen LogP) is 2.30. The molecule has 1 N–H and O–H groups in total. The van der Waals surface area contributed by atoms with E-state index in [1.807, 2.05) is 13.0 Å². The average molecular weight is 393 g/mol. The van der Waals surface area contributed by atoms with E-state index in [1.165, 1.54) is 34.5 Å². The van der Waals surface area contributed by atoms with Crippen molar-refractivity contribution < 1.29 is 13.2 Å². The van der Waals surface area contributed by atoms with Gasteiger partial charge in [0.2, 0.25) is 15.9 Å². The summed E-state index contributed by atoms with van der Waals surface area (Å²) in [5.41, 5.74) is 1.41. The third-order valence-corrected chi connectivity index (χ3v) is 6.81. The van der Waals surface area contributed by atoms with Gasteiger partial charge < -0.3 is 5.32 Å². The van der Waals surface area contributed by atoms with Gasteiger partial charge in [-0.25, -0.2) is 18.4 Å². The zero-order chi connectivity index (χ0) is 18.6. The van der Waals surface area contributed by atoms with Gasteiger partial charge in [-0.05, 0) is 50.1 Å². The van der Waals surface area contributed by atoms with Crippen LogP contribution in [0, 0.1) is 6.92 Å². The van der Waals surface area contributed by atoms with E-state index in [1.54, 1.807) is 12.1 Å². The maximum absolute atomic E-state index is 12.5.